The molecule has 1 aliphatic rings. The van der Waals surface area contributed by atoms with Gasteiger partial charge in [-0.05, 0) is 48.9 Å². The molecule has 3 rings (SSSR count). The highest BCUT2D eigenvalue weighted by Crippen LogP contribution is 2.26. The summed E-state index contributed by atoms with van der Waals surface area (Å²) in [6.45, 7) is 6.30. The Morgan fingerprint density at radius 3 is 2.38 bits per heavy atom. The van der Waals surface area contributed by atoms with E-state index in [1.165, 1.54) is 5.56 Å². The van der Waals surface area contributed by atoms with Crippen molar-refractivity contribution in [2.75, 3.05) is 33.3 Å². The second-order valence-corrected chi connectivity index (χ2v) is 7.81. The van der Waals surface area contributed by atoms with Crippen molar-refractivity contribution in [3.8, 4) is 5.75 Å². The van der Waals surface area contributed by atoms with E-state index in [0.29, 0.717) is 0 Å². The van der Waals surface area contributed by atoms with E-state index < -0.39 is 0 Å². The number of hydrogen-bond acceptors (Lipinski definition) is 5. The summed E-state index contributed by atoms with van der Waals surface area (Å²) < 4.78 is 5.18. The highest BCUT2D eigenvalue weighted by Gasteiger charge is 2.25. The van der Waals surface area contributed by atoms with Gasteiger partial charge in [0.1, 0.15) is 5.75 Å². The number of hydrogen-bond donors (Lipinski definition) is 0. The van der Waals surface area contributed by atoms with E-state index >= 15 is 0 Å². The van der Waals surface area contributed by atoms with E-state index in [2.05, 4.69) is 9.88 Å². The van der Waals surface area contributed by atoms with Crippen LogP contribution in [0.3, 0.4) is 0 Å². The largest absolute Gasteiger partial charge is 0.497 e. The Morgan fingerprint density at radius 1 is 1.12 bits per heavy atom. The van der Waals surface area contributed by atoms with Crippen LogP contribution in [0.4, 0.5) is 0 Å². The summed E-state index contributed by atoms with van der Waals surface area (Å²) in [4.78, 5) is 22.3. The molecule has 1 aliphatic heterocycles. The van der Waals surface area contributed by atoms with Crippen molar-refractivity contribution in [3.05, 3.63) is 54.4 Å². The first-order valence-corrected chi connectivity index (χ1v) is 9.74. The van der Waals surface area contributed by atoms with Crippen molar-refractivity contribution in [2.24, 2.45) is 0 Å². The van der Waals surface area contributed by atoms with Crippen LogP contribution in [-0.4, -0.2) is 59.2 Å². The Kier molecular flexibility index (Phi) is 6.52. The maximum absolute atomic E-state index is 12.7. The van der Waals surface area contributed by atoms with E-state index in [4.69, 9.17) is 4.74 Å². The zero-order valence-electron chi connectivity index (χ0n) is 15.3. The minimum atomic E-state index is -0.0878. The molecule has 1 amide bonds. The number of carbonyl (C=O) groups is 1. The Bertz CT molecular complexity index is 701. The fourth-order valence-electron chi connectivity index (χ4n) is 3.04. The first-order chi connectivity index (χ1) is 12.7. The lowest BCUT2D eigenvalue weighted by molar-refractivity contribution is -0.132. The molecule has 1 saturated heterocycles. The maximum atomic E-state index is 12.7. The van der Waals surface area contributed by atoms with Gasteiger partial charge in [-0.1, -0.05) is 0 Å². The number of thioether (sulfide) groups is 1. The van der Waals surface area contributed by atoms with E-state index in [1.54, 1.807) is 18.9 Å². The van der Waals surface area contributed by atoms with Crippen molar-refractivity contribution in [3.63, 3.8) is 0 Å². The van der Waals surface area contributed by atoms with Crippen LogP contribution >= 0.6 is 11.8 Å². The first kappa shape index (κ1) is 18.7. The predicted octanol–water partition coefficient (Wildman–Crippen LogP) is 2.92. The van der Waals surface area contributed by atoms with E-state index in [0.717, 1.165) is 43.4 Å². The lowest BCUT2D eigenvalue weighted by atomic mass is 10.2. The summed E-state index contributed by atoms with van der Waals surface area (Å²) in [6.07, 6.45) is 3.65. The zero-order valence-corrected chi connectivity index (χ0v) is 16.1. The van der Waals surface area contributed by atoms with Crippen molar-refractivity contribution in [1.82, 2.24) is 14.8 Å². The van der Waals surface area contributed by atoms with Gasteiger partial charge in [-0.3, -0.25) is 14.7 Å². The standard InChI is InChI=1S/C20H25N3O2S/c1-16(26-19-5-3-18(25-2)4-6-19)20(24)23-13-11-22(12-14-23)15-17-7-9-21-10-8-17/h3-10,16H,11-15H2,1-2H3/t16-/m0/s1. The van der Waals surface area contributed by atoms with Gasteiger partial charge in [-0.15, -0.1) is 11.8 Å². The number of pyridine rings is 1. The van der Waals surface area contributed by atoms with Crippen molar-refractivity contribution < 1.29 is 9.53 Å². The third-order valence-electron chi connectivity index (χ3n) is 4.56. The van der Waals surface area contributed by atoms with Crippen LogP contribution in [0.1, 0.15) is 12.5 Å². The van der Waals surface area contributed by atoms with Crippen LogP contribution in [0.15, 0.2) is 53.7 Å². The number of amides is 1. The molecule has 0 radical (unpaired) electrons. The lowest BCUT2D eigenvalue weighted by Gasteiger charge is -2.35. The normalized spacial score (nSPS) is 16.3. The third-order valence-corrected chi connectivity index (χ3v) is 5.66. The van der Waals surface area contributed by atoms with Crippen LogP contribution in [0.5, 0.6) is 5.75 Å². The number of rotatable bonds is 6. The third kappa shape index (κ3) is 4.99. The number of methoxy groups -OCH3 is 1. The average molecular weight is 372 g/mol. The highest BCUT2D eigenvalue weighted by molar-refractivity contribution is 8.00. The summed E-state index contributed by atoms with van der Waals surface area (Å²) in [5.74, 6) is 1.05. The quantitative estimate of drug-likeness (QED) is 0.731. The number of ether oxygens (including phenoxy) is 1. The Hall–Kier alpha value is -2.05. The van der Waals surface area contributed by atoms with E-state index in [9.17, 15) is 4.79 Å². The van der Waals surface area contributed by atoms with Crippen LogP contribution in [-0.2, 0) is 11.3 Å². The molecule has 1 aromatic heterocycles. The number of piperazine rings is 1. The van der Waals surface area contributed by atoms with Gasteiger partial charge in [0.15, 0.2) is 0 Å². The second kappa shape index (κ2) is 9.05. The molecule has 0 bridgehead atoms. The molecule has 2 heterocycles. The summed E-state index contributed by atoms with van der Waals surface area (Å²) in [7, 11) is 1.66. The summed E-state index contributed by atoms with van der Waals surface area (Å²) in [5, 5.41) is -0.0878. The van der Waals surface area contributed by atoms with Gasteiger partial charge < -0.3 is 9.64 Å². The van der Waals surface area contributed by atoms with Crippen LogP contribution in [0.25, 0.3) is 0 Å². The predicted molar refractivity (Wildman–Crippen MR) is 104 cm³/mol. The Morgan fingerprint density at radius 2 is 1.77 bits per heavy atom. The van der Waals surface area contributed by atoms with Crippen molar-refractivity contribution >= 4 is 17.7 Å². The number of nitrogens with zero attached hydrogens (tertiary/aromatic N) is 3. The van der Waals surface area contributed by atoms with Crippen LogP contribution in [0.2, 0.25) is 0 Å². The SMILES string of the molecule is COc1ccc(S[C@@H](C)C(=O)N2CCN(Cc3ccncc3)CC2)cc1. The molecule has 0 unspecified atom stereocenters. The molecule has 1 fully saturated rings. The van der Waals surface area contributed by atoms with Gasteiger partial charge in [-0.2, -0.15) is 0 Å². The molecule has 1 aromatic carbocycles. The molecular formula is C20H25N3O2S. The summed E-state index contributed by atoms with van der Waals surface area (Å²) in [6, 6.07) is 11.9. The number of aromatic nitrogens is 1. The van der Waals surface area contributed by atoms with Gasteiger partial charge in [-0.25, -0.2) is 0 Å². The van der Waals surface area contributed by atoms with Crippen LogP contribution in [0, 0.1) is 0 Å². The monoisotopic (exact) mass is 371 g/mol. The molecule has 0 spiro atoms. The first-order valence-electron chi connectivity index (χ1n) is 8.86. The summed E-state index contributed by atoms with van der Waals surface area (Å²) in [5.41, 5.74) is 1.27. The lowest BCUT2D eigenvalue weighted by Crippen LogP contribution is -2.50. The molecule has 5 nitrogen and oxygen atoms in total. The molecule has 0 aliphatic carbocycles. The number of benzene rings is 1. The fraction of sp³-hybridized carbons (Fsp3) is 0.400. The van der Waals surface area contributed by atoms with Gasteiger partial charge >= 0.3 is 0 Å². The number of carbonyl (C=O) groups excluding carboxylic acids is 1. The van der Waals surface area contributed by atoms with E-state index in [1.807, 2.05) is 60.6 Å². The molecule has 6 heteroatoms. The molecule has 1 atom stereocenters. The second-order valence-electron chi connectivity index (χ2n) is 6.39. The van der Waals surface area contributed by atoms with Gasteiger partial charge in [0.25, 0.3) is 0 Å². The fourth-order valence-corrected chi connectivity index (χ4v) is 3.99. The molecular weight excluding hydrogens is 346 g/mol. The minimum Gasteiger partial charge on any atom is -0.497 e. The van der Waals surface area contributed by atoms with Crippen molar-refractivity contribution in [1.29, 1.82) is 0 Å². The van der Waals surface area contributed by atoms with Crippen LogP contribution < -0.4 is 4.74 Å². The zero-order chi connectivity index (χ0) is 18.4. The topological polar surface area (TPSA) is 45.7 Å². The summed E-state index contributed by atoms with van der Waals surface area (Å²) >= 11 is 1.60. The average Bonchev–Trinajstić information content (AvgIpc) is 2.69. The Labute approximate surface area is 159 Å². The smallest absolute Gasteiger partial charge is 0.235 e. The molecule has 0 N–H and O–H groups in total. The van der Waals surface area contributed by atoms with Gasteiger partial charge in [0, 0.05) is 50.0 Å². The minimum absolute atomic E-state index is 0.0878. The van der Waals surface area contributed by atoms with Gasteiger partial charge in [0.2, 0.25) is 5.91 Å². The molecule has 138 valence electrons. The highest BCUT2D eigenvalue weighted by atomic mass is 32.2. The molecule has 2 aromatic rings. The molecule has 0 saturated carbocycles. The Balaban J connectivity index is 1.47. The van der Waals surface area contributed by atoms with Gasteiger partial charge in [0.05, 0.1) is 12.4 Å². The maximum Gasteiger partial charge on any atom is 0.235 e. The van der Waals surface area contributed by atoms with E-state index in [-0.39, 0.29) is 11.2 Å². The van der Waals surface area contributed by atoms with Crippen molar-refractivity contribution in [2.45, 2.75) is 23.6 Å². The molecule has 26 heavy (non-hydrogen) atoms.